The summed E-state index contributed by atoms with van der Waals surface area (Å²) in [4.78, 5) is 0. The quantitative estimate of drug-likeness (QED) is 0.656. The Labute approximate surface area is 89.8 Å². The van der Waals surface area contributed by atoms with Crippen LogP contribution >= 0.6 is 0 Å². The lowest BCUT2D eigenvalue weighted by atomic mass is 10.0. The molecule has 1 unspecified atom stereocenters. The summed E-state index contributed by atoms with van der Waals surface area (Å²) in [6.45, 7) is 3.09. The minimum atomic E-state index is 0.0119. The fourth-order valence-electron chi connectivity index (χ4n) is 2.35. The molecule has 0 aromatic heterocycles. The molecule has 0 aromatic rings. The van der Waals surface area contributed by atoms with Crippen molar-refractivity contribution in [2.45, 2.75) is 37.8 Å². The predicted octanol–water partition coefficient (Wildman–Crippen LogP) is 0.943. The van der Waals surface area contributed by atoms with Gasteiger partial charge >= 0.3 is 0 Å². The van der Waals surface area contributed by atoms with Gasteiger partial charge in [0.05, 0.1) is 25.9 Å². The third-order valence-corrected chi connectivity index (χ3v) is 3.33. The van der Waals surface area contributed by atoms with E-state index < -0.39 is 0 Å². The molecule has 4 atom stereocenters. The van der Waals surface area contributed by atoms with Gasteiger partial charge in [0.1, 0.15) is 6.10 Å². The van der Waals surface area contributed by atoms with Gasteiger partial charge in [0.2, 0.25) is 0 Å². The Bertz CT molecular complexity index is 215. The highest BCUT2D eigenvalue weighted by Gasteiger charge is 2.48. The van der Waals surface area contributed by atoms with E-state index in [4.69, 9.17) is 18.9 Å². The van der Waals surface area contributed by atoms with E-state index >= 15 is 0 Å². The molecule has 3 aliphatic heterocycles. The van der Waals surface area contributed by atoms with Crippen molar-refractivity contribution in [3.05, 3.63) is 0 Å². The summed E-state index contributed by atoms with van der Waals surface area (Å²) in [6, 6.07) is 0. The molecule has 86 valence electrons. The maximum Gasteiger partial charge on any atom is 0.157 e. The highest BCUT2D eigenvalue weighted by molar-refractivity contribution is 4.93. The van der Waals surface area contributed by atoms with Gasteiger partial charge in [0.15, 0.2) is 6.29 Å². The van der Waals surface area contributed by atoms with E-state index in [0.717, 1.165) is 26.2 Å². The van der Waals surface area contributed by atoms with E-state index in [1.807, 2.05) is 0 Å². The van der Waals surface area contributed by atoms with E-state index in [0.29, 0.717) is 24.7 Å². The van der Waals surface area contributed by atoms with Crippen LogP contribution in [0.2, 0.25) is 0 Å². The van der Waals surface area contributed by atoms with Crippen LogP contribution < -0.4 is 0 Å². The molecule has 0 spiro atoms. The van der Waals surface area contributed by atoms with Crippen LogP contribution in [0.3, 0.4) is 0 Å². The molecular weight excluding hydrogens is 196 g/mol. The van der Waals surface area contributed by atoms with E-state index in [-0.39, 0.29) is 6.29 Å². The fourth-order valence-corrected chi connectivity index (χ4v) is 2.35. The van der Waals surface area contributed by atoms with Crippen LogP contribution in [0.5, 0.6) is 0 Å². The molecule has 0 amide bonds. The standard InChI is InChI=1S/C11H18O4/c1-2-4-13-10(3-1)14-6-8-5-12-7-9-11(8)15-9/h8-11H,1-7H2/t8-,9+,10?,11-/m1/s1. The summed E-state index contributed by atoms with van der Waals surface area (Å²) in [6.07, 6.45) is 4.16. The molecular formula is C11H18O4. The maximum absolute atomic E-state index is 5.74. The summed E-state index contributed by atoms with van der Waals surface area (Å²) in [7, 11) is 0. The summed E-state index contributed by atoms with van der Waals surface area (Å²) in [5.41, 5.74) is 0. The molecule has 3 fully saturated rings. The second-order valence-electron chi connectivity index (χ2n) is 4.57. The molecule has 0 aliphatic carbocycles. The summed E-state index contributed by atoms with van der Waals surface area (Å²) >= 11 is 0. The molecule has 0 saturated carbocycles. The number of fused-ring (bicyclic) bond motifs is 1. The van der Waals surface area contributed by atoms with Crippen molar-refractivity contribution in [3.63, 3.8) is 0 Å². The van der Waals surface area contributed by atoms with Crippen molar-refractivity contribution < 1.29 is 18.9 Å². The third kappa shape index (κ3) is 2.33. The molecule has 3 heterocycles. The van der Waals surface area contributed by atoms with E-state index in [9.17, 15) is 0 Å². The van der Waals surface area contributed by atoms with Crippen molar-refractivity contribution in [1.82, 2.24) is 0 Å². The minimum Gasteiger partial charge on any atom is -0.378 e. The van der Waals surface area contributed by atoms with Gasteiger partial charge in [0, 0.05) is 12.5 Å². The molecule has 0 radical (unpaired) electrons. The smallest absolute Gasteiger partial charge is 0.157 e. The zero-order valence-corrected chi connectivity index (χ0v) is 8.89. The Morgan fingerprint density at radius 1 is 1.20 bits per heavy atom. The number of ether oxygens (including phenoxy) is 4. The van der Waals surface area contributed by atoms with Crippen molar-refractivity contribution >= 4 is 0 Å². The number of rotatable bonds is 3. The van der Waals surface area contributed by atoms with Crippen LogP contribution in [0.25, 0.3) is 0 Å². The zero-order chi connectivity index (χ0) is 10.1. The predicted molar refractivity (Wildman–Crippen MR) is 52.5 cm³/mol. The molecule has 4 heteroatoms. The Hall–Kier alpha value is -0.160. The van der Waals surface area contributed by atoms with Gasteiger partial charge in [-0.1, -0.05) is 0 Å². The van der Waals surface area contributed by atoms with Crippen LogP contribution in [0.15, 0.2) is 0 Å². The van der Waals surface area contributed by atoms with Gasteiger partial charge in [-0.05, 0) is 19.3 Å². The summed E-state index contributed by atoms with van der Waals surface area (Å²) < 4.78 is 22.2. The van der Waals surface area contributed by atoms with Gasteiger partial charge in [0.25, 0.3) is 0 Å². The molecule has 4 nitrogen and oxygen atoms in total. The van der Waals surface area contributed by atoms with Crippen molar-refractivity contribution in [1.29, 1.82) is 0 Å². The Balaban J connectivity index is 1.41. The normalized spacial score (nSPS) is 44.8. The lowest BCUT2D eigenvalue weighted by Gasteiger charge is -2.25. The zero-order valence-electron chi connectivity index (χ0n) is 8.89. The Morgan fingerprint density at radius 2 is 2.20 bits per heavy atom. The first kappa shape index (κ1) is 10.0. The van der Waals surface area contributed by atoms with Gasteiger partial charge in [-0.3, -0.25) is 0 Å². The van der Waals surface area contributed by atoms with Crippen LogP contribution in [-0.2, 0) is 18.9 Å². The fraction of sp³-hybridized carbons (Fsp3) is 1.00. The van der Waals surface area contributed by atoms with Gasteiger partial charge in [-0.2, -0.15) is 0 Å². The SMILES string of the molecule is C1CCC(OC[C@H]2COC[C@@H]3O[C@H]23)OC1. The molecule has 3 saturated heterocycles. The number of hydrogen-bond donors (Lipinski definition) is 0. The van der Waals surface area contributed by atoms with Gasteiger partial charge in [-0.25, -0.2) is 0 Å². The molecule has 0 N–H and O–H groups in total. The topological polar surface area (TPSA) is 40.2 Å². The largest absolute Gasteiger partial charge is 0.378 e. The first-order valence-electron chi connectivity index (χ1n) is 5.90. The average Bonchev–Trinajstić information content (AvgIpc) is 3.07. The maximum atomic E-state index is 5.74. The van der Waals surface area contributed by atoms with Crippen molar-refractivity contribution in [3.8, 4) is 0 Å². The lowest BCUT2D eigenvalue weighted by molar-refractivity contribution is -0.173. The van der Waals surface area contributed by atoms with Crippen molar-refractivity contribution in [2.75, 3.05) is 26.4 Å². The molecule has 3 aliphatic rings. The van der Waals surface area contributed by atoms with E-state index in [1.54, 1.807) is 0 Å². The van der Waals surface area contributed by atoms with Gasteiger partial charge in [-0.15, -0.1) is 0 Å². The van der Waals surface area contributed by atoms with Crippen LogP contribution in [0.4, 0.5) is 0 Å². The third-order valence-electron chi connectivity index (χ3n) is 3.33. The summed E-state index contributed by atoms with van der Waals surface area (Å²) in [5, 5.41) is 0. The molecule has 15 heavy (non-hydrogen) atoms. The van der Waals surface area contributed by atoms with Crippen LogP contribution in [0.1, 0.15) is 19.3 Å². The number of hydrogen-bond acceptors (Lipinski definition) is 4. The number of epoxide rings is 1. The second-order valence-corrected chi connectivity index (χ2v) is 4.57. The minimum absolute atomic E-state index is 0.0119. The van der Waals surface area contributed by atoms with Crippen LogP contribution in [0, 0.1) is 5.92 Å². The molecule has 0 bridgehead atoms. The van der Waals surface area contributed by atoms with Gasteiger partial charge < -0.3 is 18.9 Å². The first-order chi connectivity index (χ1) is 7.43. The first-order valence-corrected chi connectivity index (χ1v) is 5.90. The van der Waals surface area contributed by atoms with E-state index in [2.05, 4.69) is 0 Å². The Kier molecular flexibility index (Phi) is 2.92. The highest BCUT2D eigenvalue weighted by Crippen LogP contribution is 2.34. The molecule has 0 aromatic carbocycles. The van der Waals surface area contributed by atoms with Crippen molar-refractivity contribution in [2.24, 2.45) is 5.92 Å². The Morgan fingerprint density at radius 3 is 3.07 bits per heavy atom. The average molecular weight is 214 g/mol. The van der Waals surface area contributed by atoms with E-state index in [1.165, 1.54) is 12.8 Å². The molecule has 3 rings (SSSR count). The highest BCUT2D eigenvalue weighted by atomic mass is 16.7. The monoisotopic (exact) mass is 214 g/mol. The second kappa shape index (κ2) is 4.37. The lowest BCUT2D eigenvalue weighted by Crippen LogP contribution is -2.32. The van der Waals surface area contributed by atoms with Crippen LogP contribution in [-0.4, -0.2) is 44.9 Å². The summed E-state index contributed by atoms with van der Waals surface area (Å²) in [5.74, 6) is 0.411.